The van der Waals surface area contributed by atoms with Crippen molar-refractivity contribution >= 4 is 11.6 Å². The lowest BCUT2D eigenvalue weighted by Gasteiger charge is -2.32. The van der Waals surface area contributed by atoms with E-state index in [1.807, 2.05) is 37.6 Å². The Morgan fingerprint density at radius 3 is 2.47 bits per heavy atom. The number of aryl methyl sites for hydroxylation is 1. The number of aromatic nitrogens is 2. The van der Waals surface area contributed by atoms with Crippen molar-refractivity contribution in [2.24, 2.45) is 7.05 Å². The van der Waals surface area contributed by atoms with Crippen LogP contribution in [0, 0.1) is 0 Å². The lowest BCUT2D eigenvalue weighted by atomic mass is 10.1. The number of anilines is 1. The van der Waals surface area contributed by atoms with Gasteiger partial charge in [-0.3, -0.25) is 9.48 Å². The SMILES string of the molecule is COc1ccc(CN(CC(=O)N(C2CCCC2)C2CC2)c2cnn(C)c2)c(OC)c1. The average molecular weight is 413 g/mol. The van der Waals surface area contributed by atoms with Crippen LogP contribution in [0.5, 0.6) is 11.5 Å². The van der Waals surface area contributed by atoms with E-state index in [9.17, 15) is 4.79 Å². The molecule has 0 bridgehead atoms. The van der Waals surface area contributed by atoms with Crippen LogP contribution in [0.25, 0.3) is 0 Å². The first kappa shape index (κ1) is 20.6. The molecular weight excluding hydrogens is 380 g/mol. The first-order chi connectivity index (χ1) is 14.6. The molecule has 0 N–H and O–H groups in total. The molecule has 0 spiro atoms. The van der Waals surface area contributed by atoms with E-state index >= 15 is 0 Å². The highest BCUT2D eigenvalue weighted by Gasteiger charge is 2.38. The number of ether oxygens (including phenoxy) is 2. The molecule has 2 aliphatic rings. The van der Waals surface area contributed by atoms with Crippen molar-refractivity contribution in [3.63, 3.8) is 0 Å². The van der Waals surface area contributed by atoms with Crippen LogP contribution >= 0.6 is 0 Å². The molecule has 2 aromatic rings. The lowest BCUT2D eigenvalue weighted by Crippen LogP contribution is -2.46. The van der Waals surface area contributed by atoms with Crippen LogP contribution in [0.1, 0.15) is 44.1 Å². The van der Waals surface area contributed by atoms with E-state index in [2.05, 4.69) is 14.9 Å². The largest absolute Gasteiger partial charge is 0.497 e. The summed E-state index contributed by atoms with van der Waals surface area (Å²) in [6.45, 7) is 0.904. The number of methoxy groups -OCH3 is 2. The topological polar surface area (TPSA) is 59.8 Å². The van der Waals surface area contributed by atoms with Gasteiger partial charge in [-0.05, 0) is 37.8 Å². The number of carbonyl (C=O) groups is 1. The Kier molecular flexibility index (Phi) is 6.16. The number of hydrogen-bond donors (Lipinski definition) is 0. The second-order valence-corrected chi connectivity index (χ2v) is 8.38. The molecule has 1 aromatic heterocycles. The van der Waals surface area contributed by atoms with Gasteiger partial charge in [0.2, 0.25) is 5.91 Å². The van der Waals surface area contributed by atoms with Crippen LogP contribution in [0.4, 0.5) is 5.69 Å². The standard InChI is InChI=1S/C23H32N4O3/c1-25-15-20(13-24-25)26(14-17-8-11-21(29-2)12-22(17)30-3)16-23(28)27(19-9-10-19)18-6-4-5-7-18/h8,11-13,15,18-19H,4-7,9-10,14,16H2,1-3H3. The fourth-order valence-electron chi connectivity index (χ4n) is 4.48. The Bertz CT molecular complexity index is 871. The van der Waals surface area contributed by atoms with Crippen LogP contribution in [0.3, 0.4) is 0 Å². The maximum absolute atomic E-state index is 13.5. The van der Waals surface area contributed by atoms with Crippen molar-refractivity contribution in [1.29, 1.82) is 0 Å². The molecule has 4 rings (SSSR count). The molecular formula is C23H32N4O3. The van der Waals surface area contributed by atoms with E-state index in [1.54, 1.807) is 18.9 Å². The summed E-state index contributed by atoms with van der Waals surface area (Å²) in [6.07, 6.45) is 10.8. The lowest BCUT2D eigenvalue weighted by molar-refractivity contribution is -0.132. The highest BCUT2D eigenvalue weighted by molar-refractivity contribution is 5.82. The average Bonchev–Trinajstić information content (AvgIpc) is 3.23. The Morgan fingerprint density at radius 2 is 1.87 bits per heavy atom. The molecule has 0 atom stereocenters. The van der Waals surface area contributed by atoms with Gasteiger partial charge < -0.3 is 19.3 Å². The van der Waals surface area contributed by atoms with Gasteiger partial charge in [-0.2, -0.15) is 5.10 Å². The summed E-state index contributed by atoms with van der Waals surface area (Å²) in [5.41, 5.74) is 1.94. The summed E-state index contributed by atoms with van der Waals surface area (Å²) in [5.74, 6) is 1.73. The van der Waals surface area contributed by atoms with E-state index in [4.69, 9.17) is 9.47 Å². The molecule has 0 saturated heterocycles. The molecule has 2 saturated carbocycles. The Balaban J connectivity index is 1.57. The molecule has 162 valence electrons. The first-order valence-electron chi connectivity index (χ1n) is 10.8. The third-order valence-electron chi connectivity index (χ3n) is 6.18. The number of rotatable bonds is 9. The van der Waals surface area contributed by atoms with Crippen LogP contribution in [-0.4, -0.2) is 53.4 Å². The van der Waals surface area contributed by atoms with Gasteiger partial charge in [0.15, 0.2) is 0 Å². The zero-order valence-electron chi connectivity index (χ0n) is 18.2. The minimum Gasteiger partial charge on any atom is -0.497 e. The van der Waals surface area contributed by atoms with Gasteiger partial charge in [0, 0.05) is 43.5 Å². The zero-order chi connectivity index (χ0) is 21.1. The van der Waals surface area contributed by atoms with Gasteiger partial charge in [-0.15, -0.1) is 0 Å². The Morgan fingerprint density at radius 1 is 1.13 bits per heavy atom. The predicted molar refractivity (Wildman–Crippen MR) is 116 cm³/mol. The minimum absolute atomic E-state index is 0.223. The number of hydrogen-bond acceptors (Lipinski definition) is 5. The fraction of sp³-hybridized carbons (Fsp3) is 0.565. The quantitative estimate of drug-likeness (QED) is 0.632. The van der Waals surface area contributed by atoms with E-state index < -0.39 is 0 Å². The van der Waals surface area contributed by atoms with Crippen molar-refractivity contribution in [3.8, 4) is 11.5 Å². The molecule has 0 aliphatic heterocycles. The second-order valence-electron chi connectivity index (χ2n) is 8.38. The van der Waals surface area contributed by atoms with E-state index in [1.165, 1.54) is 12.8 Å². The summed E-state index contributed by atoms with van der Waals surface area (Å²) in [7, 11) is 5.20. The van der Waals surface area contributed by atoms with Crippen LogP contribution < -0.4 is 14.4 Å². The number of benzene rings is 1. The Hall–Kier alpha value is -2.70. The van der Waals surface area contributed by atoms with Crippen LogP contribution in [-0.2, 0) is 18.4 Å². The summed E-state index contributed by atoms with van der Waals surface area (Å²) in [4.78, 5) is 17.8. The van der Waals surface area contributed by atoms with Gasteiger partial charge >= 0.3 is 0 Å². The normalized spacial score (nSPS) is 16.5. The highest BCUT2D eigenvalue weighted by Crippen LogP contribution is 2.35. The van der Waals surface area contributed by atoms with Crippen molar-refractivity contribution in [1.82, 2.24) is 14.7 Å². The van der Waals surface area contributed by atoms with Crippen molar-refractivity contribution in [3.05, 3.63) is 36.2 Å². The van der Waals surface area contributed by atoms with Crippen LogP contribution in [0.2, 0.25) is 0 Å². The summed E-state index contributed by atoms with van der Waals surface area (Å²) >= 11 is 0. The third kappa shape index (κ3) is 4.55. The predicted octanol–water partition coefficient (Wildman–Crippen LogP) is 3.38. The number of nitrogens with zero attached hydrogens (tertiary/aromatic N) is 4. The van der Waals surface area contributed by atoms with Crippen LogP contribution in [0.15, 0.2) is 30.6 Å². The van der Waals surface area contributed by atoms with Gasteiger partial charge in [-0.1, -0.05) is 12.8 Å². The zero-order valence-corrected chi connectivity index (χ0v) is 18.2. The molecule has 0 unspecified atom stereocenters. The smallest absolute Gasteiger partial charge is 0.242 e. The molecule has 2 fully saturated rings. The first-order valence-corrected chi connectivity index (χ1v) is 10.8. The van der Waals surface area contributed by atoms with Gasteiger partial charge in [0.1, 0.15) is 11.5 Å². The van der Waals surface area contributed by atoms with E-state index in [0.717, 1.165) is 48.4 Å². The molecule has 1 heterocycles. The maximum atomic E-state index is 13.5. The monoisotopic (exact) mass is 412 g/mol. The number of amides is 1. The third-order valence-corrected chi connectivity index (χ3v) is 6.18. The summed E-state index contributed by atoms with van der Waals surface area (Å²) in [5, 5.41) is 4.33. The van der Waals surface area contributed by atoms with Crippen molar-refractivity contribution in [2.45, 2.75) is 57.2 Å². The Labute approximate surface area is 178 Å². The van der Waals surface area contributed by atoms with E-state index in [0.29, 0.717) is 25.2 Å². The molecule has 2 aliphatic carbocycles. The molecule has 30 heavy (non-hydrogen) atoms. The maximum Gasteiger partial charge on any atom is 0.242 e. The second kappa shape index (κ2) is 8.98. The summed E-state index contributed by atoms with van der Waals surface area (Å²) < 4.78 is 12.7. The highest BCUT2D eigenvalue weighted by atomic mass is 16.5. The molecule has 7 nitrogen and oxygen atoms in total. The molecule has 7 heteroatoms. The van der Waals surface area contributed by atoms with Crippen molar-refractivity contribution in [2.75, 3.05) is 25.7 Å². The van der Waals surface area contributed by atoms with Crippen molar-refractivity contribution < 1.29 is 14.3 Å². The number of carbonyl (C=O) groups excluding carboxylic acids is 1. The summed E-state index contributed by atoms with van der Waals surface area (Å²) in [6, 6.07) is 6.66. The van der Waals surface area contributed by atoms with Gasteiger partial charge in [-0.25, -0.2) is 0 Å². The molecule has 0 radical (unpaired) electrons. The molecule has 1 amide bonds. The van der Waals surface area contributed by atoms with Gasteiger partial charge in [0.05, 0.1) is 32.6 Å². The molecule has 1 aromatic carbocycles. The minimum atomic E-state index is 0.223. The van der Waals surface area contributed by atoms with Gasteiger partial charge in [0.25, 0.3) is 0 Å². The fourth-order valence-corrected chi connectivity index (χ4v) is 4.48. The van der Waals surface area contributed by atoms with E-state index in [-0.39, 0.29) is 5.91 Å².